The van der Waals surface area contributed by atoms with Gasteiger partial charge in [0.2, 0.25) is 0 Å². The molecule has 0 fully saturated rings. The molecule has 19 heavy (non-hydrogen) atoms. The molecule has 1 aliphatic heterocycles. The summed E-state index contributed by atoms with van der Waals surface area (Å²) in [6, 6.07) is 9.67. The maximum Gasteiger partial charge on any atom is 0.142 e. The van der Waals surface area contributed by atoms with E-state index in [9.17, 15) is 0 Å². The fourth-order valence-electron chi connectivity index (χ4n) is 2.29. The van der Waals surface area contributed by atoms with Crippen molar-refractivity contribution in [3.05, 3.63) is 47.4 Å². The minimum Gasteiger partial charge on any atom is -0.492 e. The standard InChI is InChI=1S/C14H15N3O2/c1-18-7-9-6-13(15)17-14(16-9)11-8-19-12-5-3-2-4-10(11)12/h2-6,11H,7-8H2,1H3,(H2,15,16,17). The first-order valence-electron chi connectivity index (χ1n) is 6.12. The van der Waals surface area contributed by atoms with Crippen LogP contribution in [0.5, 0.6) is 5.75 Å². The molecule has 2 N–H and O–H groups in total. The first-order chi connectivity index (χ1) is 9.28. The van der Waals surface area contributed by atoms with Gasteiger partial charge in [-0.15, -0.1) is 0 Å². The van der Waals surface area contributed by atoms with Crippen LogP contribution in [-0.4, -0.2) is 23.7 Å². The molecule has 0 saturated heterocycles. The van der Waals surface area contributed by atoms with Gasteiger partial charge in [0.15, 0.2) is 0 Å². The van der Waals surface area contributed by atoms with E-state index in [2.05, 4.69) is 9.97 Å². The fraction of sp³-hybridized carbons (Fsp3) is 0.286. The van der Waals surface area contributed by atoms with E-state index in [0.717, 1.165) is 17.0 Å². The lowest BCUT2D eigenvalue weighted by Crippen LogP contribution is -2.11. The van der Waals surface area contributed by atoms with Gasteiger partial charge in [0, 0.05) is 18.7 Å². The Labute approximate surface area is 111 Å². The predicted octanol–water partition coefficient (Wildman–Crippen LogP) is 1.73. The van der Waals surface area contributed by atoms with Gasteiger partial charge in [0.25, 0.3) is 0 Å². The first-order valence-corrected chi connectivity index (χ1v) is 6.12. The van der Waals surface area contributed by atoms with Crippen molar-refractivity contribution in [2.45, 2.75) is 12.5 Å². The highest BCUT2D eigenvalue weighted by molar-refractivity contribution is 5.44. The predicted molar refractivity (Wildman–Crippen MR) is 70.9 cm³/mol. The lowest BCUT2D eigenvalue weighted by molar-refractivity contribution is 0.181. The monoisotopic (exact) mass is 257 g/mol. The molecular formula is C14H15N3O2. The first kappa shape index (κ1) is 11.9. The maximum absolute atomic E-state index is 5.83. The third kappa shape index (κ3) is 2.24. The SMILES string of the molecule is COCc1cc(N)nc(C2COc3ccccc32)n1. The highest BCUT2D eigenvalue weighted by Gasteiger charge is 2.28. The Kier molecular flexibility index (Phi) is 3.05. The largest absolute Gasteiger partial charge is 0.492 e. The molecule has 1 aromatic carbocycles. The number of fused-ring (bicyclic) bond motifs is 1. The number of benzene rings is 1. The van der Waals surface area contributed by atoms with E-state index in [1.54, 1.807) is 13.2 Å². The Morgan fingerprint density at radius 2 is 2.21 bits per heavy atom. The number of hydrogen-bond acceptors (Lipinski definition) is 5. The summed E-state index contributed by atoms with van der Waals surface area (Å²) in [4.78, 5) is 8.84. The molecule has 2 heterocycles. The van der Waals surface area contributed by atoms with Crippen LogP contribution in [0.4, 0.5) is 5.82 Å². The maximum atomic E-state index is 5.83. The van der Waals surface area contributed by atoms with Gasteiger partial charge in [-0.05, 0) is 6.07 Å². The third-order valence-corrected chi connectivity index (χ3v) is 3.12. The number of para-hydroxylation sites is 1. The number of nitrogen functional groups attached to an aromatic ring is 1. The minimum atomic E-state index is 0.0373. The lowest BCUT2D eigenvalue weighted by Gasteiger charge is -2.10. The zero-order valence-electron chi connectivity index (χ0n) is 10.7. The van der Waals surface area contributed by atoms with Gasteiger partial charge in [-0.3, -0.25) is 0 Å². The Morgan fingerprint density at radius 3 is 3.05 bits per heavy atom. The molecule has 0 spiro atoms. The molecule has 1 unspecified atom stereocenters. The van der Waals surface area contributed by atoms with Crippen LogP contribution in [0.25, 0.3) is 0 Å². The molecule has 5 nitrogen and oxygen atoms in total. The van der Waals surface area contributed by atoms with Crippen LogP contribution in [0, 0.1) is 0 Å². The summed E-state index contributed by atoms with van der Waals surface area (Å²) in [5.74, 6) is 2.08. The van der Waals surface area contributed by atoms with Gasteiger partial charge in [-0.25, -0.2) is 9.97 Å². The van der Waals surface area contributed by atoms with Crippen molar-refractivity contribution in [2.75, 3.05) is 19.5 Å². The smallest absolute Gasteiger partial charge is 0.142 e. The topological polar surface area (TPSA) is 70.3 Å². The quantitative estimate of drug-likeness (QED) is 0.906. The van der Waals surface area contributed by atoms with E-state index in [1.807, 2.05) is 24.3 Å². The molecule has 0 amide bonds. The summed E-state index contributed by atoms with van der Waals surface area (Å²) in [6.07, 6.45) is 0. The Morgan fingerprint density at radius 1 is 1.37 bits per heavy atom. The highest BCUT2D eigenvalue weighted by atomic mass is 16.5. The third-order valence-electron chi connectivity index (χ3n) is 3.12. The summed E-state index contributed by atoms with van der Waals surface area (Å²) in [5, 5.41) is 0. The second-order valence-corrected chi connectivity index (χ2v) is 4.48. The number of anilines is 1. The van der Waals surface area contributed by atoms with Crippen molar-refractivity contribution in [2.24, 2.45) is 0 Å². The van der Waals surface area contributed by atoms with Gasteiger partial charge in [0.05, 0.1) is 18.2 Å². The van der Waals surface area contributed by atoms with Crippen LogP contribution in [0.2, 0.25) is 0 Å². The van der Waals surface area contributed by atoms with E-state index in [1.165, 1.54) is 0 Å². The molecule has 0 saturated carbocycles. The number of ether oxygens (including phenoxy) is 2. The molecule has 1 atom stereocenters. The van der Waals surface area contributed by atoms with Crippen molar-refractivity contribution >= 4 is 5.82 Å². The van der Waals surface area contributed by atoms with Gasteiger partial charge < -0.3 is 15.2 Å². The van der Waals surface area contributed by atoms with E-state index >= 15 is 0 Å². The summed E-state index contributed by atoms with van der Waals surface area (Å²) >= 11 is 0. The van der Waals surface area contributed by atoms with E-state index in [-0.39, 0.29) is 5.92 Å². The van der Waals surface area contributed by atoms with Gasteiger partial charge in [-0.1, -0.05) is 18.2 Å². The zero-order chi connectivity index (χ0) is 13.2. The van der Waals surface area contributed by atoms with Gasteiger partial charge >= 0.3 is 0 Å². The summed E-state index contributed by atoms with van der Waals surface area (Å²) in [6.45, 7) is 0.976. The van der Waals surface area contributed by atoms with Crippen LogP contribution in [0.15, 0.2) is 30.3 Å². The molecular weight excluding hydrogens is 242 g/mol. The van der Waals surface area contributed by atoms with Crippen molar-refractivity contribution in [1.29, 1.82) is 0 Å². The second kappa shape index (κ2) is 4.85. The average Bonchev–Trinajstić information content (AvgIpc) is 2.82. The van der Waals surface area contributed by atoms with E-state index < -0.39 is 0 Å². The second-order valence-electron chi connectivity index (χ2n) is 4.48. The fourth-order valence-corrected chi connectivity index (χ4v) is 2.29. The summed E-state index contributed by atoms with van der Waals surface area (Å²) in [5.41, 5.74) is 7.72. The summed E-state index contributed by atoms with van der Waals surface area (Å²) < 4.78 is 10.7. The Balaban J connectivity index is 1.99. The minimum absolute atomic E-state index is 0.0373. The van der Waals surface area contributed by atoms with Crippen molar-refractivity contribution in [3.8, 4) is 5.75 Å². The molecule has 1 aromatic heterocycles. The number of nitrogens with zero attached hydrogens (tertiary/aromatic N) is 2. The van der Waals surface area contributed by atoms with Crippen LogP contribution in [0.3, 0.4) is 0 Å². The molecule has 98 valence electrons. The molecule has 3 rings (SSSR count). The Bertz CT molecular complexity index is 601. The summed E-state index contributed by atoms with van der Waals surface area (Å²) in [7, 11) is 1.63. The lowest BCUT2D eigenvalue weighted by atomic mass is 10.0. The van der Waals surface area contributed by atoms with Crippen molar-refractivity contribution in [3.63, 3.8) is 0 Å². The number of rotatable bonds is 3. The van der Waals surface area contributed by atoms with Crippen LogP contribution < -0.4 is 10.5 Å². The van der Waals surface area contributed by atoms with Crippen LogP contribution in [-0.2, 0) is 11.3 Å². The number of nitrogens with two attached hydrogens (primary N) is 1. The van der Waals surface area contributed by atoms with E-state index in [0.29, 0.717) is 24.9 Å². The molecule has 2 aromatic rings. The number of methoxy groups -OCH3 is 1. The Hall–Kier alpha value is -2.14. The molecule has 0 aliphatic carbocycles. The van der Waals surface area contributed by atoms with Crippen LogP contribution >= 0.6 is 0 Å². The van der Waals surface area contributed by atoms with Crippen molar-refractivity contribution < 1.29 is 9.47 Å². The highest BCUT2D eigenvalue weighted by Crippen LogP contribution is 2.36. The van der Waals surface area contributed by atoms with Gasteiger partial charge in [-0.2, -0.15) is 0 Å². The zero-order valence-corrected chi connectivity index (χ0v) is 10.7. The van der Waals surface area contributed by atoms with Crippen LogP contribution in [0.1, 0.15) is 23.0 Å². The van der Waals surface area contributed by atoms with Gasteiger partial charge in [0.1, 0.15) is 24.0 Å². The molecule has 1 aliphatic rings. The number of aromatic nitrogens is 2. The average molecular weight is 257 g/mol. The molecule has 0 bridgehead atoms. The molecule has 5 heteroatoms. The normalized spacial score (nSPS) is 17.0. The molecule has 0 radical (unpaired) electrons. The van der Waals surface area contributed by atoms with Crippen molar-refractivity contribution in [1.82, 2.24) is 9.97 Å². The number of hydrogen-bond donors (Lipinski definition) is 1. The van der Waals surface area contributed by atoms with E-state index in [4.69, 9.17) is 15.2 Å².